The third-order valence-electron chi connectivity index (χ3n) is 6.83. The van der Waals surface area contributed by atoms with Crippen molar-refractivity contribution < 1.29 is 17.9 Å². The number of thiazole rings is 1. The van der Waals surface area contributed by atoms with Crippen molar-refractivity contribution in [3.8, 4) is 0 Å². The number of nitrogens with zero attached hydrogens (tertiary/aromatic N) is 4. The zero-order valence-electron chi connectivity index (χ0n) is 22.6. The summed E-state index contributed by atoms with van der Waals surface area (Å²) in [6, 6.07) is 10.3. The summed E-state index contributed by atoms with van der Waals surface area (Å²) in [4.78, 5) is 22.5. The molecule has 1 aliphatic heterocycles. The maximum atomic E-state index is 13.7. The third kappa shape index (κ3) is 6.73. The third-order valence-corrected chi connectivity index (χ3v) is 9.71. The monoisotopic (exact) mass is 580 g/mol. The molecule has 1 saturated heterocycles. The highest BCUT2D eigenvalue weighted by Gasteiger charge is 2.27. The van der Waals surface area contributed by atoms with Crippen LogP contribution < -0.4 is 4.90 Å². The van der Waals surface area contributed by atoms with Gasteiger partial charge in [-0.25, -0.2) is 13.4 Å². The molecule has 1 fully saturated rings. The van der Waals surface area contributed by atoms with E-state index in [9.17, 15) is 13.2 Å². The molecule has 38 heavy (non-hydrogen) atoms. The van der Waals surface area contributed by atoms with Crippen LogP contribution in [0, 0.1) is 13.8 Å². The standard InChI is InChI=1S/C27H36N4O4S2.ClH/c1-19-9-14-24-25(20(19)2)28-27(36-24)31(16-7-15-29(3)4)26(32)21-10-12-23(13-11-21)37(33,34)30(5)18-22-8-6-17-35-22;/h9-14,22H,6-8,15-18H2,1-5H3;1H. The Bertz CT molecular complexity index is 1350. The second kappa shape index (κ2) is 12.8. The quantitative estimate of drug-likeness (QED) is 0.345. The Labute approximate surface area is 236 Å². The maximum Gasteiger partial charge on any atom is 0.260 e. The summed E-state index contributed by atoms with van der Waals surface area (Å²) < 4.78 is 34.1. The van der Waals surface area contributed by atoms with Gasteiger partial charge in [-0.15, -0.1) is 12.4 Å². The van der Waals surface area contributed by atoms with Gasteiger partial charge in [-0.1, -0.05) is 17.4 Å². The smallest absolute Gasteiger partial charge is 0.260 e. The molecule has 1 aliphatic rings. The number of rotatable bonds is 10. The molecule has 1 aromatic heterocycles. The SMILES string of the molecule is Cc1ccc2sc(N(CCCN(C)C)C(=O)c3ccc(S(=O)(=O)N(C)CC4CCCO4)cc3)nc2c1C.Cl. The number of carbonyl (C=O) groups is 1. The van der Waals surface area contributed by atoms with Gasteiger partial charge in [-0.3, -0.25) is 9.69 Å². The molecule has 2 heterocycles. The zero-order chi connectivity index (χ0) is 26.7. The van der Waals surface area contributed by atoms with E-state index in [1.165, 1.54) is 27.8 Å². The first-order chi connectivity index (χ1) is 17.6. The highest BCUT2D eigenvalue weighted by atomic mass is 35.5. The molecule has 0 bridgehead atoms. The van der Waals surface area contributed by atoms with Crippen molar-refractivity contribution in [2.45, 2.75) is 44.1 Å². The molecule has 0 radical (unpaired) electrons. The van der Waals surface area contributed by atoms with E-state index < -0.39 is 10.0 Å². The summed E-state index contributed by atoms with van der Waals surface area (Å²) in [6.07, 6.45) is 2.53. The molecule has 8 nitrogen and oxygen atoms in total. The van der Waals surface area contributed by atoms with Crippen LogP contribution in [0.3, 0.4) is 0 Å². The molecule has 11 heteroatoms. The largest absolute Gasteiger partial charge is 0.377 e. The second-order valence-corrected chi connectivity index (χ2v) is 13.0. The van der Waals surface area contributed by atoms with E-state index in [1.54, 1.807) is 24.1 Å². The van der Waals surface area contributed by atoms with E-state index >= 15 is 0 Å². The molecular weight excluding hydrogens is 544 g/mol. The minimum Gasteiger partial charge on any atom is -0.377 e. The molecule has 0 spiro atoms. The van der Waals surface area contributed by atoms with Crippen molar-refractivity contribution in [1.82, 2.24) is 14.2 Å². The highest BCUT2D eigenvalue weighted by Crippen LogP contribution is 2.33. The molecule has 1 amide bonds. The molecule has 1 atom stereocenters. The molecule has 0 N–H and O–H groups in total. The van der Waals surface area contributed by atoms with Gasteiger partial charge in [-0.2, -0.15) is 4.31 Å². The van der Waals surface area contributed by atoms with E-state index in [1.807, 2.05) is 27.1 Å². The normalized spacial score (nSPS) is 15.8. The minimum atomic E-state index is -3.68. The number of halogens is 1. The fourth-order valence-electron chi connectivity index (χ4n) is 4.44. The fourth-order valence-corrected chi connectivity index (χ4v) is 6.69. The predicted octanol–water partition coefficient (Wildman–Crippen LogP) is 4.73. The molecule has 4 rings (SSSR count). The average Bonchev–Trinajstić information content (AvgIpc) is 3.54. The lowest BCUT2D eigenvalue weighted by Gasteiger charge is -2.22. The number of sulfonamides is 1. The van der Waals surface area contributed by atoms with E-state index in [2.05, 4.69) is 17.9 Å². The van der Waals surface area contributed by atoms with Crippen molar-refractivity contribution in [3.63, 3.8) is 0 Å². The van der Waals surface area contributed by atoms with E-state index in [4.69, 9.17) is 9.72 Å². The van der Waals surface area contributed by atoms with Gasteiger partial charge in [0.05, 0.1) is 21.2 Å². The lowest BCUT2D eigenvalue weighted by molar-refractivity contribution is 0.0978. The number of aryl methyl sites for hydroxylation is 2. The van der Waals surface area contributed by atoms with Crippen LogP contribution in [0.1, 0.15) is 40.7 Å². The first-order valence-corrected chi connectivity index (χ1v) is 14.8. The Kier molecular flexibility index (Phi) is 10.3. The summed E-state index contributed by atoms with van der Waals surface area (Å²) in [5.41, 5.74) is 3.62. The molecular formula is C27H37ClN4O4S2. The van der Waals surface area contributed by atoms with Gasteiger partial charge >= 0.3 is 0 Å². The first kappa shape index (κ1) is 30.5. The number of ether oxygens (including phenoxy) is 1. The number of hydrogen-bond acceptors (Lipinski definition) is 7. The Morgan fingerprint density at radius 1 is 1.08 bits per heavy atom. The zero-order valence-corrected chi connectivity index (χ0v) is 25.1. The topological polar surface area (TPSA) is 83.1 Å². The molecule has 0 saturated carbocycles. The van der Waals surface area contributed by atoms with E-state index in [0.29, 0.717) is 30.4 Å². The number of carbonyl (C=O) groups excluding carboxylic acids is 1. The van der Waals surface area contributed by atoms with Crippen LogP contribution in [-0.4, -0.2) is 82.0 Å². The van der Waals surface area contributed by atoms with Gasteiger partial charge in [0.15, 0.2) is 5.13 Å². The van der Waals surface area contributed by atoms with Gasteiger partial charge < -0.3 is 9.64 Å². The number of aromatic nitrogens is 1. The van der Waals surface area contributed by atoms with Crippen LogP contribution in [0.5, 0.6) is 0 Å². The van der Waals surface area contributed by atoms with Crippen molar-refractivity contribution >= 4 is 55.0 Å². The first-order valence-electron chi connectivity index (χ1n) is 12.6. The van der Waals surface area contributed by atoms with Crippen LogP contribution >= 0.6 is 23.7 Å². The predicted molar refractivity (Wildman–Crippen MR) is 156 cm³/mol. The Balaban J connectivity index is 0.00000400. The Hall–Kier alpha value is -2.08. The van der Waals surface area contributed by atoms with Crippen molar-refractivity contribution in [2.24, 2.45) is 0 Å². The fraction of sp³-hybridized carbons (Fsp3) is 0.481. The lowest BCUT2D eigenvalue weighted by Crippen LogP contribution is -2.34. The van der Waals surface area contributed by atoms with Crippen LogP contribution in [-0.2, 0) is 14.8 Å². The molecule has 0 aliphatic carbocycles. The molecule has 208 valence electrons. The summed E-state index contributed by atoms with van der Waals surface area (Å²) >= 11 is 1.50. The van der Waals surface area contributed by atoms with Gasteiger partial charge in [0.25, 0.3) is 5.91 Å². The van der Waals surface area contributed by atoms with Crippen molar-refractivity contribution in [2.75, 3.05) is 52.3 Å². The maximum absolute atomic E-state index is 13.7. The number of anilines is 1. The summed E-state index contributed by atoms with van der Waals surface area (Å²) in [6.45, 7) is 6.45. The molecule has 2 aromatic carbocycles. The Morgan fingerprint density at radius 2 is 1.79 bits per heavy atom. The van der Waals surface area contributed by atoms with Gasteiger partial charge in [0.1, 0.15) is 0 Å². The summed E-state index contributed by atoms with van der Waals surface area (Å²) in [5.74, 6) is -0.191. The molecule has 1 unspecified atom stereocenters. The number of likely N-dealkylation sites (N-methyl/N-ethyl adjacent to an activating group) is 1. The average molecular weight is 581 g/mol. The van der Waals surface area contributed by atoms with Gasteiger partial charge in [0, 0.05) is 32.3 Å². The molecule has 3 aromatic rings. The van der Waals surface area contributed by atoms with Crippen LogP contribution in [0.4, 0.5) is 5.13 Å². The van der Waals surface area contributed by atoms with E-state index in [0.717, 1.165) is 47.2 Å². The van der Waals surface area contributed by atoms with Crippen LogP contribution in [0.15, 0.2) is 41.3 Å². The van der Waals surface area contributed by atoms with Gasteiger partial charge in [-0.05, 0) is 95.2 Å². The van der Waals surface area contributed by atoms with Gasteiger partial charge in [0.2, 0.25) is 10.0 Å². The number of hydrogen-bond donors (Lipinski definition) is 0. The minimum absolute atomic E-state index is 0. The summed E-state index contributed by atoms with van der Waals surface area (Å²) in [7, 11) is 1.90. The second-order valence-electron chi connectivity index (χ2n) is 9.91. The number of fused-ring (bicyclic) bond motifs is 1. The van der Waals surface area contributed by atoms with Crippen molar-refractivity contribution in [1.29, 1.82) is 0 Å². The lowest BCUT2D eigenvalue weighted by atomic mass is 10.1. The number of benzene rings is 2. The van der Waals surface area contributed by atoms with Crippen LogP contribution in [0.2, 0.25) is 0 Å². The summed E-state index contributed by atoms with van der Waals surface area (Å²) in [5, 5.41) is 0.653. The Morgan fingerprint density at radius 3 is 2.42 bits per heavy atom. The van der Waals surface area contributed by atoms with E-state index in [-0.39, 0.29) is 29.3 Å². The van der Waals surface area contributed by atoms with Crippen molar-refractivity contribution in [3.05, 3.63) is 53.1 Å². The number of amides is 1. The highest BCUT2D eigenvalue weighted by molar-refractivity contribution is 7.89. The van der Waals surface area contributed by atoms with Crippen LogP contribution in [0.25, 0.3) is 10.2 Å².